The first-order valence-corrected chi connectivity index (χ1v) is 12.1. The van der Waals surface area contributed by atoms with Crippen molar-refractivity contribution in [3.63, 3.8) is 0 Å². The van der Waals surface area contributed by atoms with Crippen LogP contribution in [-0.2, 0) is 14.4 Å². The maximum atomic E-state index is 13.3. The fourth-order valence-electron chi connectivity index (χ4n) is 4.38. The molecule has 128 valence electrons. The van der Waals surface area contributed by atoms with Gasteiger partial charge in [-0.3, -0.25) is 14.4 Å². The highest BCUT2D eigenvalue weighted by Crippen LogP contribution is 2.80. The lowest BCUT2D eigenvalue weighted by Crippen LogP contribution is -2.41. The number of carbonyl (C=O) groups excluding carboxylic acids is 3. The quantitative estimate of drug-likeness (QED) is 0.466. The number of hydrogen-bond acceptors (Lipinski definition) is 3. The monoisotopic (exact) mass is 343 g/mol. The number of amides is 2. The van der Waals surface area contributed by atoms with E-state index in [1.807, 2.05) is 32.0 Å². The zero-order chi connectivity index (χ0) is 17.9. The summed E-state index contributed by atoms with van der Waals surface area (Å²) in [5.74, 6) is -0.320. The van der Waals surface area contributed by atoms with Crippen LogP contribution in [0.4, 0.5) is 5.69 Å². The van der Waals surface area contributed by atoms with Gasteiger partial charge in [-0.25, -0.2) is 4.90 Å². The van der Waals surface area contributed by atoms with Crippen molar-refractivity contribution in [3.05, 3.63) is 30.3 Å². The van der Waals surface area contributed by atoms with Crippen molar-refractivity contribution in [2.24, 2.45) is 11.3 Å². The highest BCUT2D eigenvalue weighted by molar-refractivity contribution is 6.86. The van der Waals surface area contributed by atoms with Crippen LogP contribution in [-0.4, -0.2) is 25.7 Å². The van der Waals surface area contributed by atoms with Crippen molar-refractivity contribution >= 4 is 31.4 Å². The molecule has 5 heteroatoms. The van der Waals surface area contributed by atoms with E-state index in [0.717, 1.165) is 0 Å². The first-order chi connectivity index (χ1) is 11.1. The molecule has 0 aromatic heterocycles. The van der Waals surface area contributed by atoms with Crippen molar-refractivity contribution in [3.8, 4) is 0 Å². The molecule has 1 aliphatic heterocycles. The van der Waals surface area contributed by atoms with Gasteiger partial charge in [-0.1, -0.05) is 51.7 Å². The number of hydrogen-bond donors (Lipinski definition) is 0. The van der Waals surface area contributed by atoms with Crippen LogP contribution in [0.15, 0.2) is 30.3 Å². The highest BCUT2D eigenvalue weighted by Gasteiger charge is 2.88. The number of rotatable bonds is 5. The zero-order valence-corrected chi connectivity index (χ0v) is 16.1. The van der Waals surface area contributed by atoms with E-state index in [4.69, 9.17) is 0 Å². The number of benzene rings is 1. The minimum Gasteiger partial charge on any atom is -0.298 e. The predicted octanol–water partition coefficient (Wildman–Crippen LogP) is 3.64. The molecular weight excluding hydrogens is 318 g/mol. The Morgan fingerprint density at radius 2 is 1.71 bits per heavy atom. The number of nitrogens with zero attached hydrogens (tertiary/aromatic N) is 1. The summed E-state index contributed by atoms with van der Waals surface area (Å²) in [6.45, 7) is 10.2. The van der Waals surface area contributed by atoms with E-state index < -0.39 is 18.5 Å². The fourth-order valence-corrected chi connectivity index (χ4v) is 7.46. The second-order valence-electron chi connectivity index (χ2n) is 8.54. The first kappa shape index (κ1) is 17.1. The SMILES string of the molecule is CC(C)CC(=O)[C@@]12C[C@]1([Si](C)(C)C)C(=O)N(c1ccccc1)C2=O. The van der Waals surface area contributed by atoms with Gasteiger partial charge in [-0.2, -0.15) is 0 Å². The normalized spacial score (nSPS) is 29.2. The van der Waals surface area contributed by atoms with Gasteiger partial charge in [0.05, 0.1) is 18.8 Å². The Hall–Kier alpha value is -1.75. The molecule has 3 rings (SSSR count). The molecule has 1 saturated heterocycles. The van der Waals surface area contributed by atoms with E-state index in [1.165, 1.54) is 4.90 Å². The third-order valence-corrected chi connectivity index (χ3v) is 9.01. The summed E-state index contributed by atoms with van der Waals surface area (Å²) >= 11 is 0. The molecule has 24 heavy (non-hydrogen) atoms. The maximum Gasteiger partial charge on any atom is 0.248 e. The van der Waals surface area contributed by atoms with Crippen molar-refractivity contribution in [1.82, 2.24) is 0 Å². The number of para-hydroxylation sites is 1. The molecule has 1 aliphatic carbocycles. The molecule has 1 aromatic carbocycles. The number of ketones is 1. The van der Waals surface area contributed by atoms with Gasteiger partial charge in [0.2, 0.25) is 11.8 Å². The van der Waals surface area contributed by atoms with Crippen molar-refractivity contribution < 1.29 is 14.4 Å². The van der Waals surface area contributed by atoms with Crippen LogP contribution >= 0.6 is 0 Å². The number of piperidine rings is 1. The van der Waals surface area contributed by atoms with Gasteiger partial charge in [-0.15, -0.1) is 0 Å². The minimum atomic E-state index is -2.07. The summed E-state index contributed by atoms with van der Waals surface area (Å²) in [4.78, 5) is 40.9. The molecule has 2 fully saturated rings. The Kier molecular flexibility index (Phi) is 3.64. The van der Waals surface area contributed by atoms with E-state index >= 15 is 0 Å². The Balaban J connectivity index is 2.11. The first-order valence-electron chi connectivity index (χ1n) is 8.57. The Morgan fingerprint density at radius 1 is 1.12 bits per heavy atom. The van der Waals surface area contributed by atoms with Gasteiger partial charge < -0.3 is 0 Å². The summed E-state index contributed by atoms with van der Waals surface area (Å²) in [5.41, 5.74) is -0.525. The number of anilines is 1. The summed E-state index contributed by atoms with van der Waals surface area (Å²) in [5, 5.41) is -0.765. The molecule has 0 spiro atoms. The molecule has 1 aromatic rings. The lowest BCUT2D eigenvalue weighted by Gasteiger charge is -2.28. The summed E-state index contributed by atoms with van der Waals surface area (Å²) < 4.78 is 0. The Labute approximate surface area is 144 Å². The highest BCUT2D eigenvalue weighted by atomic mass is 28.3. The molecule has 0 unspecified atom stereocenters. The standard InChI is InChI=1S/C19H25NO3Si/c1-13(2)11-15(21)18-12-19(18,24(3,4)5)17(23)20(16(18)22)14-9-7-6-8-10-14/h6-10,13H,11-12H2,1-5H3/t18-,19+/m1/s1. The second-order valence-corrected chi connectivity index (χ2v) is 13.9. The van der Waals surface area contributed by atoms with Gasteiger partial charge in [0, 0.05) is 6.42 Å². The zero-order valence-electron chi connectivity index (χ0n) is 15.1. The van der Waals surface area contributed by atoms with Gasteiger partial charge in [0.25, 0.3) is 0 Å². The van der Waals surface area contributed by atoms with Crippen molar-refractivity contribution in [2.45, 2.75) is 51.4 Å². The average molecular weight is 343 g/mol. The van der Waals surface area contributed by atoms with Crippen LogP contribution < -0.4 is 4.90 Å². The third-order valence-electron chi connectivity index (χ3n) is 5.63. The molecule has 1 heterocycles. The minimum absolute atomic E-state index is 0.0447. The Morgan fingerprint density at radius 3 is 2.21 bits per heavy atom. The van der Waals surface area contributed by atoms with Crippen LogP contribution in [0, 0.1) is 11.3 Å². The van der Waals surface area contributed by atoms with Gasteiger partial charge in [0.1, 0.15) is 11.2 Å². The summed E-state index contributed by atoms with van der Waals surface area (Å²) in [6.07, 6.45) is 0.774. The lowest BCUT2D eigenvalue weighted by atomic mass is 9.92. The van der Waals surface area contributed by atoms with E-state index in [2.05, 4.69) is 19.6 Å². The molecular formula is C19H25NO3Si. The molecule has 2 aliphatic rings. The average Bonchev–Trinajstić information content (AvgIpc) is 3.16. The molecule has 0 N–H and O–H groups in total. The van der Waals surface area contributed by atoms with E-state index in [9.17, 15) is 14.4 Å². The van der Waals surface area contributed by atoms with Crippen molar-refractivity contribution in [1.29, 1.82) is 0 Å². The van der Waals surface area contributed by atoms with E-state index in [1.54, 1.807) is 12.1 Å². The van der Waals surface area contributed by atoms with Gasteiger partial charge in [0.15, 0.2) is 0 Å². The molecule has 0 bridgehead atoms. The number of fused-ring (bicyclic) bond motifs is 1. The van der Waals surface area contributed by atoms with E-state index in [-0.39, 0.29) is 23.5 Å². The predicted molar refractivity (Wildman–Crippen MR) is 96.5 cm³/mol. The summed E-state index contributed by atoms with van der Waals surface area (Å²) in [7, 11) is -2.07. The second kappa shape index (κ2) is 5.12. The van der Waals surface area contributed by atoms with Crippen LogP contribution in [0.25, 0.3) is 0 Å². The number of imide groups is 1. The Bertz CT molecular complexity index is 722. The fraction of sp³-hybridized carbons (Fsp3) is 0.526. The molecule has 2 atom stereocenters. The van der Waals surface area contributed by atoms with Gasteiger partial charge in [-0.05, 0) is 24.5 Å². The molecule has 0 radical (unpaired) electrons. The lowest BCUT2D eigenvalue weighted by molar-refractivity contribution is -0.133. The van der Waals surface area contributed by atoms with Crippen LogP contribution in [0.2, 0.25) is 24.7 Å². The molecule has 2 amide bonds. The molecule has 4 nitrogen and oxygen atoms in total. The summed E-state index contributed by atoms with van der Waals surface area (Å²) in [6, 6.07) is 8.99. The number of Topliss-reactive ketones (excluding diaryl/α,β-unsaturated/α-hetero) is 1. The van der Waals surface area contributed by atoms with Crippen LogP contribution in [0.1, 0.15) is 26.7 Å². The maximum absolute atomic E-state index is 13.3. The van der Waals surface area contributed by atoms with Crippen LogP contribution in [0.3, 0.4) is 0 Å². The van der Waals surface area contributed by atoms with Crippen molar-refractivity contribution in [2.75, 3.05) is 4.90 Å². The van der Waals surface area contributed by atoms with E-state index in [0.29, 0.717) is 18.5 Å². The smallest absolute Gasteiger partial charge is 0.248 e. The topological polar surface area (TPSA) is 54.5 Å². The molecule has 1 saturated carbocycles. The number of carbonyl (C=O) groups is 3. The third kappa shape index (κ3) is 1.94. The van der Waals surface area contributed by atoms with Gasteiger partial charge >= 0.3 is 0 Å². The van der Waals surface area contributed by atoms with Crippen LogP contribution in [0.5, 0.6) is 0 Å². The largest absolute Gasteiger partial charge is 0.298 e.